The van der Waals surface area contributed by atoms with Crippen LogP contribution in [0, 0.1) is 0 Å². The molecule has 4 nitrogen and oxygen atoms in total. The summed E-state index contributed by atoms with van der Waals surface area (Å²) in [6.07, 6.45) is 0.591. The van der Waals surface area contributed by atoms with Gasteiger partial charge in [0, 0.05) is 12.8 Å². The fraction of sp³-hybridized carbons (Fsp3) is 0.462. The van der Waals surface area contributed by atoms with Crippen molar-refractivity contribution in [2.45, 2.75) is 88.9 Å². The lowest BCUT2D eigenvalue weighted by Crippen LogP contribution is -2.13. The molecule has 5 heteroatoms. The van der Waals surface area contributed by atoms with Gasteiger partial charge in [-0.3, -0.25) is 9.59 Å². The van der Waals surface area contributed by atoms with E-state index >= 15 is 0 Å². The van der Waals surface area contributed by atoms with Crippen molar-refractivity contribution < 1.29 is 19.1 Å². The Bertz CT molecular complexity index is 871. The van der Waals surface area contributed by atoms with Gasteiger partial charge in [0.15, 0.2) is 0 Å². The molecule has 2 aromatic rings. The lowest BCUT2D eigenvalue weighted by molar-refractivity contribution is -0.135. The van der Waals surface area contributed by atoms with Gasteiger partial charge in [-0.1, -0.05) is 79.3 Å². The van der Waals surface area contributed by atoms with Gasteiger partial charge in [0.05, 0.1) is 9.79 Å². The van der Waals surface area contributed by atoms with E-state index in [2.05, 4.69) is 53.7 Å². The van der Waals surface area contributed by atoms with Gasteiger partial charge in [-0.05, 0) is 46.2 Å². The Morgan fingerprint density at radius 2 is 1.06 bits per heavy atom. The number of benzene rings is 2. The topological polar surface area (TPSA) is 52.6 Å². The highest BCUT2D eigenvalue weighted by Gasteiger charge is 2.21. The van der Waals surface area contributed by atoms with Crippen molar-refractivity contribution in [3.63, 3.8) is 0 Å². The largest absolute Gasteiger partial charge is 0.425 e. The van der Waals surface area contributed by atoms with Crippen LogP contribution in [0.4, 0.5) is 0 Å². The molecule has 0 atom stereocenters. The van der Waals surface area contributed by atoms with Crippen LogP contribution in [-0.4, -0.2) is 11.9 Å². The SMILES string of the molecule is CCC(=O)Oc1ccc(C(C)(C)C)cc1Sc1cc(C(C)(C)C)ccc1OC(=O)CC. The molecule has 0 amide bonds. The first-order chi connectivity index (χ1) is 14.3. The second kappa shape index (κ2) is 9.90. The molecular formula is C26H34O4S. The molecular weight excluding hydrogens is 408 g/mol. The summed E-state index contributed by atoms with van der Waals surface area (Å²) in [4.78, 5) is 25.6. The van der Waals surface area contributed by atoms with Gasteiger partial charge in [-0.2, -0.15) is 0 Å². The summed E-state index contributed by atoms with van der Waals surface area (Å²) in [5.74, 6) is 0.454. The van der Waals surface area contributed by atoms with Crippen molar-refractivity contribution in [1.82, 2.24) is 0 Å². The summed E-state index contributed by atoms with van der Waals surface area (Å²) in [5.41, 5.74) is 2.14. The number of hydrogen-bond donors (Lipinski definition) is 0. The highest BCUT2D eigenvalue weighted by Crippen LogP contribution is 2.43. The zero-order valence-corrected chi connectivity index (χ0v) is 20.7. The van der Waals surface area contributed by atoms with Crippen LogP contribution >= 0.6 is 11.8 Å². The zero-order chi connectivity index (χ0) is 23.4. The highest BCUT2D eigenvalue weighted by molar-refractivity contribution is 7.99. The molecule has 31 heavy (non-hydrogen) atoms. The third kappa shape index (κ3) is 6.86. The number of carbonyl (C=O) groups is 2. The maximum Gasteiger partial charge on any atom is 0.310 e. The van der Waals surface area contributed by atoms with Crippen LogP contribution in [0.25, 0.3) is 0 Å². The molecule has 0 saturated carbocycles. The van der Waals surface area contributed by atoms with E-state index in [1.54, 1.807) is 13.8 Å². The molecule has 168 valence electrons. The summed E-state index contributed by atoms with van der Waals surface area (Å²) >= 11 is 1.45. The quantitative estimate of drug-likeness (QED) is 0.354. The average molecular weight is 443 g/mol. The van der Waals surface area contributed by atoms with Crippen LogP contribution < -0.4 is 9.47 Å². The molecule has 0 N–H and O–H groups in total. The van der Waals surface area contributed by atoms with Crippen LogP contribution in [0.5, 0.6) is 11.5 Å². The minimum atomic E-state index is -0.286. The van der Waals surface area contributed by atoms with Crippen molar-refractivity contribution in [2.75, 3.05) is 0 Å². The lowest BCUT2D eigenvalue weighted by Gasteiger charge is -2.23. The fourth-order valence-electron chi connectivity index (χ4n) is 2.79. The van der Waals surface area contributed by atoms with Gasteiger partial charge >= 0.3 is 11.9 Å². The van der Waals surface area contributed by atoms with Crippen molar-refractivity contribution in [2.24, 2.45) is 0 Å². The summed E-state index contributed by atoms with van der Waals surface area (Å²) in [7, 11) is 0. The van der Waals surface area contributed by atoms with Gasteiger partial charge in [0.1, 0.15) is 11.5 Å². The molecule has 0 saturated heterocycles. The standard InChI is InChI=1S/C26H34O4S/c1-9-23(27)29-19-13-11-17(25(3,4)5)15-21(19)31-22-16-18(26(6,7)8)12-14-20(22)30-24(28)10-2/h11-16H,9-10H2,1-8H3. The third-order valence-corrected chi connectivity index (χ3v) is 5.94. The maximum absolute atomic E-state index is 12.0. The van der Waals surface area contributed by atoms with Crippen molar-refractivity contribution in [3.05, 3.63) is 47.5 Å². The van der Waals surface area contributed by atoms with Crippen LogP contribution in [0.3, 0.4) is 0 Å². The van der Waals surface area contributed by atoms with Gasteiger partial charge in [-0.15, -0.1) is 0 Å². The molecule has 0 aliphatic carbocycles. The first kappa shape index (κ1) is 25.0. The minimum absolute atomic E-state index is 0.0621. The van der Waals surface area contributed by atoms with E-state index in [-0.39, 0.29) is 22.8 Å². The molecule has 0 aromatic heterocycles. The Balaban J connectivity index is 2.59. The Morgan fingerprint density at radius 3 is 1.35 bits per heavy atom. The number of esters is 2. The Kier molecular flexibility index (Phi) is 7.98. The molecule has 0 heterocycles. The summed E-state index contributed by atoms with van der Waals surface area (Å²) in [5, 5.41) is 0. The summed E-state index contributed by atoms with van der Waals surface area (Å²) in [6.45, 7) is 16.4. The van der Waals surface area contributed by atoms with Crippen LogP contribution in [-0.2, 0) is 20.4 Å². The molecule has 0 unspecified atom stereocenters. The molecule has 0 fully saturated rings. The Morgan fingerprint density at radius 1 is 0.710 bits per heavy atom. The smallest absolute Gasteiger partial charge is 0.310 e. The number of ether oxygens (including phenoxy) is 2. The van der Waals surface area contributed by atoms with E-state index in [4.69, 9.17) is 9.47 Å². The molecule has 2 rings (SSSR count). The van der Waals surface area contributed by atoms with Crippen LogP contribution in [0.1, 0.15) is 79.4 Å². The zero-order valence-electron chi connectivity index (χ0n) is 19.9. The highest BCUT2D eigenvalue weighted by atomic mass is 32.2. The molecule has 0 aliphatic heterocycles. The lowest BCUT2D eigenvalue weighted by atomic mass is 9.87. The first-order valence-electron chi connectivity index (χ1n) is 10.7. The van der Waals surface area contributed by atoms with Crippen molar-refractivity contribution >= 4 is 23.7 Å². The normalized spacial score (nSPS) is 11.9. The van der Waals surface area contributed by atoms with Crippen LogP contribution in [0.2, 0.25) is 0 Å². The van der Waals surface area contributed by atoms with E-state index in [0.29, 0.717) is 24.3 Å². The molecule has 0 radical (unpaired) electrons. The van der Waals surface area contributed by atoms with E-state index in [1.165, 1.54) is 11.8 Å². The Hall–Kier alpha value is -2.27. The molecule has 2 aromatic carbocycles. The average Bonchev–Trinajstić information content (AvgIpc) is 2.68. The fourth-order valence-corrected chi connectivity index (χ4v) is 3.81. The van der Waals surface area contributed by atoms with Crippen molar-refractivity contribution in [3.8, 4) is 11.5 Å². The van der Waals surface area contributed by atoms with E-state index in [0.717, 1.165) is 20.9 Å². The summed E-state index contributed by atoms with van der Waals surface area (Å²) < 4.78 is 11.2. The predicted octanol–water partition coefficient (Wildman–Crippen LogP) is 7.06. The second-order valence-electron chi connectivity index (χ2n) is 9.58. The van der Waals surface area contributed by atoms with Gasteiger partial charge in [0.25, 0.3) is 0 Å². The first-order valence-corrected chi connectivity index (χ1v) is 11.5. The third-order valence-electron chi connectivity index (χ3n) is 4.86. The van der Waals surface area contributed by atoms with E-state index in [1.807, 2.05) is 24.3 Å². The predicted molar refractivity (Wildman–Crippen MR) is 126 cm³/mol. The second-order valence-corrected chi connectivity index (χ2v) is 10.7. The Labute approximate surface area is 190 Å². The van der Waals surface area contributed by atoms with Gasteiger partial charge < -0.3 is 9.47 Å². The molecule has 0 aliphatic rings. The van der Waals surface area contributed by atoms with Crippen LogP contribution in [0.15, 0.2) is 46.2 Å². The monoisotopic (exact) mass is 442 g/mol. The minimum Gasteiger partial charge on any atom is -0.425 e. The van der Waals surface area contributed by atoms with Crippen molar-refractivity contribution in [1.29, 1.82) is 0 Å². The van der Waals surface area contributed by atoms with Gasteiger partial charge in [0.2, 0.25) is 0 Å². The van der Waals surface area contributed by atoms with E-state index < -0.39 is 0 Å². The summed E-state index contributed by atoms with van der Waals surface area (Å²) in [6, 6.07) is 11.8. The number of carbonyl (C=O) groups excluding carboxylic acids is 2. The van der Waals surface area contributed by atoms with E-state index in [9.17, 15) is 9.59 Å². The number of rotatable bonds is 6. The molecule has 0 bridgehead atoms. The molecule has 0 spiro atoms. The maximum atomic E-state index is 12.0. The number of hydrogen-bond acceptors (Lipinski definition) is 5. The van der Waals surface area contributed by atoms with Gasteiger partial charge in [-0.25, -0.2) is 0 Å².